The molecule has 0 spiro atoms. The maximum atomic E-state index is 12.7. The number of carbonyl (C=O) groups excluding carboxylic acids is 4. The zero-order valence-electron chi connectivity index (χ0n) is 51.7. The number of aliphatic hydroxyl groups excluding tert-OH is 3. The zero-order valence-corrected chi connectivity index (χ0v) is 56.2. The van der Waals surface area contributed by atoms with Crippen LogP contribution in [-0.2, 0) is 9.47 Å². The predicted octanol–water partition coefficient (Wildman–Crippen LogP) is 12.5. The third-order valence-corrected chi connectivity index (χ3v) is 16.1. The normalized spacial score (nSPS) is 16.6. The lowest BCUT2D eigenvalue weighted by atomic mass is 10.0. The van der Waals surface area contributed by atoms with Gasteiger partial charge in [0.05, 0.1) is 69.0 Å². The van der Waals surface area contributed by atoms with Crippen molar-refractivity contribution in [1.29, 1.82) is 0 Å². The third-order valence-electron chi connectivity index (χ3n) is 14.4. The van der Waals surface area contributed by atoms with E-state index in [1.807, 2.05) is 114 Å². The van der Waals surface area contributed by atoms with Crippen molar-refractivity contribution in [2.75, 3.05) is 107 Å². The van der Waals surface area contributed by atoms with Crippen molar-refractivity contribution < 1.29 is 53.9 Å². The number of anilines is 3. The Morgan fingerprint density at radius 3 is 1.14 bits per heavy atom. The Labute approximate surface area is 561 Å². The summed E-state index contributed by atoms with van der Waals surface area (Å²) in [7, 11) is 1.00. The minimum Gasteiger partial charge on any atom is -0.478 e. The molecule has 25 heteroatoms. The SMILES string of the molecule is CC(C)(C)OC(=O)N1CCN(c2ccc(C(=O)NCCO)cc2Cl)[C@H](c2ccc(Cl)cc2)C1.CC(C)(C)OC(=O)N1CCN(c2ccc(C(=O)O)cc2Cl)[C@H](c2ccc(Cl)cc2)C1.CO.O=C(NCCO)c1ccc(N2CCNC[C@H]2c2ccc(Cl)cc2)c(Cl)c1. The molecule has 7 N–H and O–H groups in total. The molecule has 4 amide bonds. The van der Waals surface area contributed by atoms with Gasteiger partial charge in [0.2, 0.25) is 0 Å². The molecule has 6 aromatic rings. The van der Waals surface area contributed by atoms with E-state index in [1.165, 1.54) is 12.1 Å². The molecule has 9 rings (SSSR count). The van der Waals surface area contributed by atoms with E-state index in [1.54, 1.807) is 52.3 Å². The summed E-state index contributed by atoms with van der Waals surface area (Å²) >= 11 is 37.7. The molecule has 0 aliphatic carbocycles. The lowest BCUT2D eigenvalue weighted by Gasteiger charge is -2.43. The number of piperazine rings is 3. The van der Waals surface area contributed by atoms with Crippen LogP contribution in [0, 0.1) is 0 Å². The molecule has 490 valence electrons. The number of halogens is 6. The van der Waals surface area contributed by atoms with E-state index in [0.29, 0.717) is 86.2 Å². The highest BCUT2D eigenvalue weighted by atomic mass is 35.5. The number of carboxylic acid groups (broad SMARTS) is 1. The van der Waals surface area contributed by atoms with Gasteiger partial charge in [-0.25, -0.2) is 14.4 Å². The average Bonchev–Trinajstić information content (AvgIpc) is 0.878. The maximum absolute atomic E-state index is 12.7. The largest absolute Gasteiger partial charge is 0.478 e. The molecule has 0 unspecified atom stereocenters. The van der Waals surface area contributed by atoms with Gasteiger partial charge in [0.15, 0.2) is 0 Å². The van der Waals surface area contributed by atoms with Crippen LogP contribution in [0.15, 0.2) is 127 Å². The quantitative estimate of drug-likeness (QED) is 0.0569. The molecule has 6 aromatic carbocycles. The number of hydrogen-bond acceptors (Lipinski definition) is 14. The number of nitrogens with zero attached hydrogens (tertiary/aromatic N) is 5. The van der Waals surface area contributed by atoms with Gasteiger partial charge < -0.3 is 70.3 Å². The molecule has 19 nitrogen and oxygen atoms in total. The minimum absolute atomic E-state index is 0.0961. The van der Waals surface area contributed by atoms with E-state index in [4.69, 9.17) is 94.4 Å². The van der Waals surface area contributed by atoms with E-state index >= 15 is 0 Å². The van der Waals surface area contributed by atoms with Gasteiger partial charge in [-0.1, -0.05) is 106 Å². The van der Waals surface area contributed by atoms with Crippen LogP contribution in [0.4, 0.5) is 26.7 Å². The number of ether oxygens (including phenoxy) is 2. The van der Waals surface area contributed by atoms with E-state index in [-0.39, 0.29) is 74.0 Å². The lowest BCUT2D eigenvalue weighted by Crippen LogP contribution is -2.51. The fourth-order valence-electron chi connectivity index (χ4n) is 10.2. The van der Waals surface area contributed by atoms with Gasteiger partial charge in [0.25, 0.3) is 11.8 Å². The van der Waals surface area contributed by atoms with Crippen LogP contribution in [-0.4, -0.2) is 164 Å². The molecule has 3 fully saturated rings. The van der Waals surface area contributed by atoms with Gasteiger partial charge in [0, 0.05) is 105 Å². The van der Waals surface area contributed by atoms with Crippen LogP contribution in [0.3, 0.4) is 0 Å². The molecule has 3 saturated heterocycles. The van der Waals surface area contributed by atoms with Crippen LogP contribution < -0.4 is 30.7 Å². The summed E-state index contributed by atoms with van der Waals surface area (Å²) in [6, 6.07) is 37.6. The summed E-state index contributed by atoms with van der Waals surface area (Å²) in [5.41, 5.74) is 5.32. The summed E-state index contributed by atoms with van der Waals surface area (Å²) in [6.07, 6.45) is -0.725. The topological polar surface area (TPSA) is 237 Å². The van der Waals surface area contributed by atoms with Gasteiger partial charge in [0.1, 0.15) is 11.2 Å². The number of aromatic carboxylic acids is 1. The molecule has 0 bridgehead atoms. The summed E-state index contributed by atoms with van der Waals surface area (Å²) < 4.78 is 11.1. The molecule has 0 aromatic heterocycles. The highest BCUT2D eigenvalue weighted by Gasteiger charge is 2.36. The lowest BCUT2D eigenvalue weighted by molar-refractivity contribution is 0.0204. The van der Waals surface area contributed by atoms with Crippen molar-refractivity contribution in [3.63, 3.8) is 0 Å². The van der Waals surface area contributed by atoms with E-state index in [9.17, 15) is 29.1 Å². The Balaban J connectivity index is 0.000000215. The number of carboxylic acids is 1. The van der Waals surface area contributed by atoms with Gasteiger partial charge >= 0.3 is 18.2 Å². The molecule has 0 saturated carbocycles. The average molecular weight is 1370 g/mol. The monoisotopic (exact) mass is 1370 g/mol. The number of rotatable bonds is 13. The molecule has 3 atom stereocenters. The highest BCUT2D eigenvalue weighted by molar-refractivity contribution is 6.35. The zero-order chi connectivity index (χ0) is 66.7. The highest BCUT2D eigenvalue weighted by Crippen LogP contribution is 2.40. The minimum atomic E-state index is -1.03. The van der Waals surface area contributed by atoms with Crippen molar-refractivity contribution in [2.24, 2.45) is 0 Å². The van der Waals surface area contributed by atoms with Crippen LogP contribution in [0.1, 0.15) is 107 Å². The summed E-state index contributed by atoms with van der Waals surface area (Å²) in [6.45, 7) is 16.4. The van der Waals surface area contributed by atoms with Crippen molar-refractivity contribution in [3.8, 4) is 0 Å². The van der Waals surface area contributed by atoms with Crippen LogP contribution in [0.5, 0.6) is 0 Å². The Morgan fingerprint density at radius 2 is 0.813 bits per heavy atom. The summed E-state index contributed by atoms with van der Waals surface area (Å²) in [5.74, 6) is -1.59. The third kappa shape index (κ3) is 21.1. The second-order valence-corrected chi connectivity index (χ2v) is 25.6. The molecule has 3 aliphatic heterocycles. The van der Waals surface area contributed by atoms with Crippen LogP contribution in [0.2, 0.25) is 30.1 Å². The first kappa shape index (κ1) is 73.3. The van der Waals surface area contributed by atoms with E-state index in [0.717, 1.165) is 54.8 Å². The fraction of sp³-hybridized carbons (Fsp3) is 0.379. The first-order valence-electron chi connectivity index (χ1n) is 29.3. The molecule has 91 heavy (non-hydrogen) atoms. The number of aliphatic hydroxyl groups is 3. The molecular formula is C66H78Cl6N8O11. The standard InChI is InChI=1S/C24H29Cl2N3O4.C22H24Cl2N2O4.C19H21Cl2N3O2.CH4O/c1-24(2,3)33-23(32)28-11-12-29(21(15-28)16-4-7-18(25)8-5-16)20-9-6-17(14-19(20)26)22(31)27-10-13-30;1-22(2,3)30-21(29)25-10-11-26(18-9-6-15(20(27)28)12-17(18)24)19(13-25)14-4-7-16(23)8-5-14;20-15-4-1-13(2-5-15)18-12-22-7-9-24(18)17-6-3-14(11-16(17)21)19(26)23-8-10-25;1-2/h4-9,14,21,30H,10-13,15H2,1-3H3,(H,27,31);4-9,12,19H,10-11,13H2,1-3H3,(H,27,28);1-6,11,18,22,25H,7-10,12H2,(H,23,26);2H,1H3/t21-;19-;18-;/m000./s1. The van der Waals surface area contributed by atoms with E-state index in [2.05, 4.69) is 30.7 Å². The fourth-order valence-corrected chi connectivity index (χ4v) is 11.5. The predicted molar refractivity (Wildman–Crippen MR) is 361 cm³/mol. The van der Waals surface area contributed by atoms with Gasteiger partial charge in [-0.15, -0.1) is 0 Å². The van der Waals surface area contributed by atoms with Gasteiger partial charge in [-0.3, -0.25) is 9.59 Å². The molecular weight excluding hydrogens is 1290 g/mol. The molecule has 3 heterocycles. The van der Waals surface area contributed by atoms with Crippen molar-refractivity contribution in [1.82, 2.24) is 25.8 Å². The Bertz CT molecular complexity index is 3410. The van der Waals surface area contributed by atoms with Crippen molar-refractivity contribution in [3.05, 3.63) is 191 Å². The molecule has 0 radical (unpaired) electrons. The summed E-state index contributed by atoms with van der Waals surface area (Å²) in [4.78, 5) is 70.7. The Hall–Kier alpha value is -6.75. The number of carbonyl (C=O) groups is 5. The van der Waals surface area contributed by atoms with Gasteiger partial charge in [-0.2, -0.15) is 0 Å². The van der Waals surface area contributed by atoms with Crippen molar-refractivity contribution in [2.45, 2.75) is 70.9 Å². The first-order chi connectivity index (χ1) is 43.2. The van der Waals surface area contributed by atoms with Crippen molar-refractivity contribution >= 4 is 117 Å². The number of nitrogens with one attached hydrogen (secondary N) is 3. The smallest absolute Gasteiger partial charge is 0.410 e. The number of hydrogen-bond donors (Lipinski definition) is 7. The second-order valence-electron chi connectivity index (χ2n) is 23.1. The van der Waals surface area contributed by atoms with Crippen LogP contribution >= 0.6 is 69.6 Å². The second kappa shape index (κ2) is 34.2. The van der Waals surface area contributed by atoms with E-state index < -0.39 is 17.2 Å². The Morgan fingerprint density at radius 1 is 0.484 bits per heavy atom. The maximum Gasteiger partial charge on any atom is 0.410 e. The van der Waals surface area contributed by atoms with Crippen LogP contribution in [0.25, 0.3) is 0 Å². The first-order valence-corrected chi connectivity index (χ1v) is 31.6. The van der Waals surface area contributed by atoms with Gasteiger partial charge in [-0.05, 0) is 149 Å². The number of amides is 4. The summed E-state index contributed by atoms with van der Waals surface area (Å²) in [5, 5.41) is 45.9. The number of benzene rings is 6. The molecule has 3 aliphatic rings. The Kier molecular flexibility index (Phi) is 27.6.